The Hall–Kier alpha value is -2.13. The maximum Gasteiger partial charge on any atom is 0.321 e. The van der Waals surface area contributed by atoms with E-state index in [4.69, 9.17) is 0 Å². The van der Waals surface area contributed by atoms with E-state index < -0.39 is 27.4 Å². The zero-order valence-corrected chi connectivity index (χ0v) is 15.6. The van der Waals surface area contributed by atoms with Crippen molar-refractivity contribution in [1.29, 1.82) is 0 Å². The lowest BCUT2D eigenvalue weighted by Gasteiger charge is -2.23. The fourth-order valence-corrected chi connectivity index (χ4v) is 5.13. The summed E-state index contributed by atoms with van der Waals surface area (Å²) in [6, 6.07) is 4.26. The molecule has 1 aliphatic heterocycles. The average Bonchev–Trinajstić information content (AvgIpc) is 3.15. The summed E-state index contributed by atoms with van der Waals surface area (Å²) >= 11 is 0. The van der Waals surface area contributed by atoms with E-state index in [1.54, 1.807) is 19.1 Å². The van der Waals surface area contributed by atoms with E-state index in [1.165, 1.54) is 18.0 Å². The third kappa shape index (κ3) is 2.95. The summed E-state index contributed by atoms with van der Waals surface area (Å²) in [5.74, 6) is -0.864. The van der Waals surface area contributed by atoms with Crippen molar-refractivity contribution in [3.8, 4) is 0 Å². The zero-order valence-electron chi connectivity index (χ0n) is 14.8. The number of nitrogens with zero attached hydrogens (tertiary/aromatic N) is 1. The molecule has 2 aliphatic rings. The molecule has 9 heteroatoms. The summed E-state index contributed by atoms with van der Waals surface area (Å²) in [5.41, 5.74) is -0.0146. The number of hydrogen-bond acceptors (Lipinski definition) is 4. The Kier molecular flexibility index (Phi) is 4.70. The van der Waals surface area contributed by atoms with Crippen molar-refractivity contribution in [2.24, 2.45) is 11.3 Å². The van der Waals surface area contributed by atoms with Gasteiger partial charge in [-0.1, -0.05) is 12.5 Å². The molecule has 8 nitrogen and oxygen atoms in total. The molecule has 1 aromatic carbocycles. The summed E-state index contributed by atoms with van der Waals surface area (Å²) in [7, 11) is -2.30. The molecule has 3 rings (SSSR count). The quantitative estimate of drug-likeness (QED) is 0.733. The average molecular weight is 381 g/mol. The highest BCUT2D eigenvalue weighted by Gasteiger charge is 2.55. The number of urea groups is 1. The largest absolute Gasteiger partial charge is 0.481 e. The molecule has 0 unspecified atom stereocenters. The highest BCUT2D eigenvalue weighted by molar-refractivity contribution is 7.89. The van der Waals surface area contributed by atoms with Gasteiger partial charge >= 0.3 is 12.0 Å². The SMILES string of the molecule is CNS(=O)(=O)c1cccc(NC(=O)N2C[C@@H]3CCC[C@@]3(C(=O)O)C2)c1C. The second kappa shape index (κ2) is 6.55. The minimum atomic E-state index is -3.63. The number of likely N-dealkylation sites (tertiary alicyclic amines) is 1. The molecular formula is C17H23N3O5S. The molecule has 0 spiro atoms. The van der Waals surface area contributed by atoms with Gasteiger partial charge in [0.2, 0.25) is 10.0 Å². The van der Waals surface area contributed by atoms with E-state index in [-0.39, 0.29) is 17.4 Å². The lowest BCUT2D eigenvalue weighted by molar-refractivity contribution is -0.149. The number of hydrogen-bond donors (Lipinski definition) is 3. The van der Waals surface area contributed by atoms with E-state index in [2.05, 4.69) is 10.0 Å². The molecule has 1 saturated carbocycles. The first-order valence-electron chi connectivity index (χ1n) is 8.54. The molecule has 0 radical (unpaired) electrons. The number of nitrogens with one attached hydrogen (secondary N) is 2. The first kappa shape index (κ1) is 18.7. The number of carbonyl (C=O) groups is 2. The third-order valence-electron chi connectivity index (χ3n) is 5.67. The Labute approximate surface area is 152 Å². The van der Waals surface area contributed by atoms with Gasteiger partial charge in [0.05, 0.1) is 10.3 Å². The van der Waals surface area contributed by atoms with Crippen LogP contribution in [0.2, 0.25) is 0 Å². The van der Waals surface area contributed by atoms with Crippen molar-refractivity contribution >= 4 is 27.7 Å². The van der Waals surface area contributed by atoms with E-state index in [1.807, 2.05) is 0 Å². The fraction of sp³-hybridized carbons (Fsp3) is 0.529. The number of carboxylic acid groups (broad SMARTS) is 1. The Bertz CT molecular complexity index is 854. The van der Waals surface area contributed by atoms with Crippen LogP contribution in [0.15, 0.2) is 23.1 Å². The number of aliphatic carboxylic acids is 1. The molecule has 26 heavy (non-hydrogen) atoms. The fourth-order valence-electron chi connectivity index (χ4n) is 4.14. The van der Waals surface area contributed by atoms with Gasteiger partial charge in [0, 0.05) is 18.8 Å². The molecule has 0 aromatic heterocycles. The van der Waals surface area contributed by atoms with Gasteiger partial charge in [-0.2, -0.15) is 0 Å². The van der Waals surface area contributed by atoms with E-state index in [0.29, 0.717) is 24.2 Å². The summed E-state index contributed by atoms with van der Waals surface area (Å²) in [6.07, 6.45) is 2.27. The van der Waals surface area contributed by atoms with Crippen LogP contribution in [-0.2, 0) is 14.8 Å². The van der Waals surface area contributed by atoms with E-state index >= 15 is 0 Å². The van der Waals surface area contributed by atoms with Gasteiger partial charge in [0.25, 0.3) is 0 Å². The second-order valence-corrected chi connectivity index (χ2v) is 8.85. The van der Waals surface area contributed by atoms with Gasteiger partial charge in [-0.25, -0.2) is 17.9 Å². The van der Waals surface area contributed by atoms with Crippen LogP contribution < -0.4 is 10.0 Å². The van der Waals surface area contributed by atoms with Gasteiger partial charge < -0.3 is 15.3 Å². The lowest BCUT2D eigenvalue weighted by Crippen LogP contribution is -2.38. The molecule has 1 aromatic rings. The van der Waals surface area contributed by atoms with Gasteiger partial charge in [0.15, 0.2) is 0 Å². The number of sulfonamides is 1. The van der Waals surface area contributed by atoms with Crippen molar-refractivity contribution < 1.29 is 23.1 Å². The van der Waals surface area contributed by atoms with Gasteiger partial charge in [0.1, 0.15) is 0 Å². The molecule has 142 valence electrons. The monoisotopic (exact) mass is 381 g/mol. The van der Waals surface area contributed by atoms with Gasteiger partial charge in [-0.05, 0) is 50.4 Å². The van der Waals surface area contributed by atoms with Crippen LogP contribution in [0.3, 0.4) is 0 Å². The number of anilines is 1. The Morgan fingerprint density at radius 3 is 2.69 bits per heavy atom. The van der Waals surface area contributed by atoms with Crippen LogP contribution in [0, 0.1) is 18.3 Å². The minimum absolute atomic E-state index is 0.0251. The van der Waals surface area contributed by atoms with Gasteiger partial charge in [-0.15, -0.1) is 0 Å². The molecule has 0 bridgehead atoms. The zero-order chi connectivity index (χ0) is 19.1. The van der Waals surface area contributed by atoms with Crippen LogP contribution in [0.5, 0.6) is 0 Å². The van der Waals surface area contributed by atoms with E-state index in [9.17, 15) is 23.1 Å². The van der Waals surface area contributed by atoms with Crippen LogP contribution >= 0.6 is 0 Å². The smallest absolute Gasteiger partial charge is 0.321 e. The van der Waals surface area contributed by atoms with Crippen LogP contribution in [0.4, 0.5) is 10.5 Å². The normalized spacial score (nSPS) is 25.2. The van der Waals surface area contributed by atoms with Crippen LogP contribution in [0.1, 0.15) is 24.8 Å². The number of rotatable bonds is 4. The number of carbonyl (C=O) groups excluding carboxylic acids is 1. The summed E-state index contributed by atoms with van der Waals surface area (Å²) in [6.45, 7) is 2.22. The molecule has 1 heterocycles. The van der Waals surface area contributed by atoms with Crippen molar-refractivity contribution in [2.75, 3.05) is 25.5 Å². The summed E-state index contributed by atoms with van der Waals surface area (Å²) in [5, 5.41) is 12.4. The number of fused-ring (bicyclic) bond motifs is 1. The molecule has 3 N–H and O–H groups in total. The topological polar surface area (TPSA) is 116 Å². The van der Waals surface area contributed by atoms with Crippen molar-refractivity contribution in [2.45, 2.75) is 31.1 Å². The molecule has 1 saturated heterocycles. The van der Waals surface area contributed by atoms with Crippen LogP contribution in [0.25, 0.3) is 0 Å². The van der Waals surface area contributed by atoms with Crippen molar-refractivity contribution in [3.63, 3.8) is 0 Å². The Morgan fingerprint density at radius 2 is 2.08 bits per heavy atom. The first-order chi connectivity index (χ1) is 12.2. The first-order valence-corrected chi connectivity index (χ1v) is 10.0. The standard InChI is InChI=1S/C17H23N3O5S/c1-11-13(6-3-7-14(11)26(24,25)18-2)19-16(23)20-9-12-5-4-8-17(12,10-20)15(21)22/h3,6-7,12,18H,4-5,8-10H2,1-2H3,(H,19,23)(H,21,22)/t12-,17+/m0/s1. The lowest BCUT2D eigenvalue weighted by atomic mass is 9.81. The maximum atomic E-state index is 12.7. The predicted molar refractivity (Wildman–Crippen MR) is 95.4 cm³/mol. The van der Waals surface area contributed by atoms with E-state index in [0.717, 1.165) is 12.8 Å². The minimum Gasteiger partial charge on any atom is -0.481 e. The number of amides is 2. The van der Waals surface area contributed by atoms with Crippen molar-refractivity contribution in [3.05, 3.63) is 23.8 Å². The molecule has 1 aliphatic carbocycles. The van der Waals surface area contributed by atoms with Gasteiger partial charge in [-0.3, -0.25) is 4.79 Å². The number of carboxylic acids is 1. The predicted octanol–water partition coefficient (Wildman–Crippen LogP) is 1.62. The molecular weight excluding hydrogens is 358 g/mol. The third-order valence-corrected chi connectivity index (χ3v) is 7.23. The van der Waals surface area contributed by atoms with Crippen molar-refractivity contribution in [1.82, 2.24) is 9.62 Å². The number of benzene rings is 1. The summed E-state index contributed by atoms with van der Waals surface area (Å²) in [4.78, 5) is 26.0. The maximum absolute atomic E-state index is 12.7. The summed E-state index contributed by atoms with van der Waals surface area (Å²) < 4.78 is 26.4. The molecule has 2 amide bonds. The highest BCUT2D eigenvalue weighted by atomic mass is 32.2. The molecule has 2 atom stereocenters. The van der Waals surface area contributed by atoms with Crippen LogP contribution in [-0.4, -0.2) is 50.6 Å². The second-order valence-electron chi connectivity index (χ2n) is 7.00. The highest BCUT2D eigenvalue weighted by Crippen LogP contribution is 2.49. The Balaban J connectivity index is 1.80. The Morgan fingerprint density at radius 1 is 1.35 bits per heavy atom. The molecule has 2 fully saturated rings.